The van der Waals surface area contributed by atoms with Crippen LogP contribution in [0.3, 0.4) is 0 Å². The van der Waals surface area contributed by atoms with Crippen molar-refractivity contribution in [1.82, 2.24) is 9.97 Å². The van der Waals surface area contributed by atoms with Gasteiger partial charge in [0.2, 0.25) is 11.6 Å². The van der Waals surface area contributed by atoms with Gasteiger partial charge in [-0.25, -0.2) is 14.8 Å². The molecular weight excluding hydrogens is 398 g/mol. The van der Waals surface area contributed by atoms with Gasteiger partial charge in [0.05, 0.1) is 23.3 Å². The number of benzene rings is 3. The molecule has 0 saturated heterocycles. The minimum Gasteiger partial charge on any atom is -0.465 e. The lowest BCUT2D eigenvalue weighted by Gasteiger charge is -2.13. The third kappa shape index (κ3) is 3.97. The van der Waals surface area contributed by atoms with Gasteiger partial charge in [-0.3, -0.25) is 10.1 Å². The van der Waals surface area contributed by atoms with Crippen molar-refractivity contribution in [3.63, 3.8) is 0 Å². The fraction of sp³-hybridized carbons (Fsp3) is 0.0455. The summed E-state index contributed by atoms with van der Waals surface area (Å²) in [5.74, 6) is -0.609. The molecule has 1 heterocycles. The lowest BCUT2D eigenvalue weighted by molar-refractivity contribution is -0.383. The smallest absolute Gasteiger partial charge is 0.353 e. The number of nitrogens with zero attached hydrogens (tertiary/aromatic N) is 3. The summed E-state index contributed by atoms with van der Waals surface area (Å²) in [7, 11) is 1.26. The Bertz CT molecular complexity index is 1290. The van der Waals surface area contributed by atoms with Crippen molar-refractivity contribution in [2.45, 2.75) is 0 Å². The Labute approximate surface area is 176 Å². The van der Waals surface area contributed by atoms with Crippen LogP contribution in [-0.2, 0) is 4.74 Å². The van der Waals surface area contributed by atoms with Crippen LogP contribution in [0.5, 0.6) is 0 Å². The van der Waals surface area contributed by atoms with E-state index in [1.165, 1.54) is 13.4 Å². The predicted molar refractivity (Wildman–Crippen MR) is 117 cm³/mol. The molecule has 0 aliphatic heterocycles. The monoisotopic (exact) mass is 415 g/mol. The van der Waals surface area contributed by atoms with E-state index in [0.29, 0.717) is 11.4 Å². The molecule has 9 heteroatoms. The van der Waals surface area contributed by atoms with Crippen LogP contribution in [0, 0.1) is 10.1 Å². The molecule has 0 spiro atoms. The molecule has 154 valence electrons. The minimum atomic E-state index is -0.575. The number of nitro groups is 1. The van der Waals surface area contributed by atoms with Gasteiger partial charge < -0.3 is 15.4 Å². The number of para-hydroxylation sites is 1. The quantitative estimate of drug-likeness (QED) is 0.261. The highest BCUT2D eigenvalue weighted by Gasteiger charge is 2.25. The molecule has 4 rings (SSSR count). The number of carbonyl (C=O) groups excluding carboxylic acids is 1. The summed E-state index contributed by atoms with van der Waals surface area (Å²) in [6, 6.07) is 19.8. The Hall–Kier alpha value is -4.53. The summed E-state index contributed by atoms with van der Waals surface area (Å²) < 4.78 is 4.78. The zero-order chi connectivity index (χ0) is 21.8. The van der Waals surface area contributed by atoms with Crippen LogP contribution in [0.1, 0.15) is 10.4 Å². The van der Waals surface area contributed by atoms with Crippen molar-refractivity contribution < 1.29 is 14.5 Å². The number of methoxy groups -OCH3 is 1. The fourth-order valence-electron chi connectivity index (χ4n) is 3.20. The zero-order valence-electron chi connectivity index (χ0n) is 16.4. The predicted octanol–water partition coefficient (Wildman–Crippen LogP) is 4.81. The molecule has 0 atom stereocenters. The van der Waals surface area contributed by atoms with Crippen molar-refractivity contribution >= 4 is 45.4 Å². The Balaban J connectivity index is 1.76. The molecule has 0 amide bonds. The molecule has 1 aromatic heterocycles. The number of aromatic nitrogens is 2. The Morgan fingerprint density at radius 1 is 0.903 bits per heavy atom. The highest BCUT2D eigenvalue weighted by molar-refractivity contribution is 5.98. The van der Waals surface area contributed by atoms with Crippen molar-refractivity contribution in [2.75, 3.05) is 17.7 Å². The largest absolute Gasteiger partial charge is 0.465 e. The average molecular weight is 415 g/mol. The molecule has 9 nitrogen and oxygen atoms in total. The summed E-state index contributed by atoms with van der Waals surface area (Å²) >= 11 is 0. The van der Waals surface area contributed by atoms with E-state index in [1.807, 2.05) is 42.5 Å². The van der Waals surface area contributed by atoms with Crippen molar-refractivity contribution in [2.24, 2.45) is 0 Å². The van der Waals surface area contributed by atoms with E-state index in [2.05, 4.69) is 20.6 Å². The van der Waals surface area contributed by atoms with Crippen LogP contribution in [-0.4, -0.2) is 28.0 Å². The van der Waals surface area contributed by atoms with Crippen LogP contribution in [0.4, 0.5) is 28.7 Å². The number of esters is 1. The van der Waals surface area contributed by atoms with E-state index in [0.717, 1.165) is 10.8 Å². The maximum Gasteiger partial charge on any atom is 0.353 e. The van der Waals surface area contributed by atoms with Crippen molar-refractivity contribution in [1.29, 1.82) is 0 Å². The van der Waals surface area contributed by atoms with Crippen LogP contribution in [0.15, 0.2) is 73.1 Å². The van der Waals surface area contributed by atoms with Gasteiger partial charge in [0.15, 0.2) is 0 Å². The molecule has 0 aliphatic rings. The maximum atomic E-state index is 12.0. The van der Waals surface area contributed by atoms with Crippen LogP contribution < -0.4 is 10.6 Å². The summed E-state index contributed by atoms with van der Waals surface area (Å²) in [5.41, 5.74) is 0.865. The van der Waals surface area contributed by atoms with E-state index in [-0.39, 0.29) is 22.9 Å². The normalized spacial score (nSPS) is 10.5. The second-order valence-corrected chi connectivity index (χ2v) is 6.49. The summed E-state index contributed by atoms with van der Waals surface area (Å²) in [4.78, 5) is 31.5. The molecule has 0 saturated carbocycles. The SMILES string of the molecule is COC(=O)c1ccccc1Nc1ncnc(Nc2cccc3ccccc23)c1[N+](=O)[O-]. The number of ether oxygens (including phenoxy) is 1. The first-order chi connectivity index (χ1) is 15.1. The second kappa shape index (κ2) is 8.46. The van der Waals surface area contributed by atoms with E-state index < -0.39 is 10.9 Å². The highest BCUT2D eigenvalue weighted by atomic mass is 16.6. The van der Waals surface area contributed by atoms with E-state index in [9.17, 15) is 14.9 Å². The molecule has 0 radical (unpaired) electrons. The van der Waals surface area contributed by atoms with Crippen molar-refractivity contribution in [3.8, 4) is 0 Å². The first-order valence-corrected chi connectivity index (χ1v) is 9.27. The molecule has 31 heavy (non-hydrogen) atoms. The van der Waals surface area contributed by atoms with E-state index >= 15 is 0 Å². The summed E-state index contributed by atoms with van der Waals surface area (Å²) in [5, 5.41) is 19.7. The van der Waals surface area contributed by atoms with Gasteiger partial charge in [0.25, 0.3) is 0 Å². The number of carbonyl (C=O) groups is 1. The van der Waals surface area contributed by atoms with Gasteiger partial charge in [-0.05, 0) is 23.6 Å². The van der Waals surface area contributed by atoms with Gasteiger partial charge >= 0.3 is 11.7 Å². The highest BCUT2D eigenvalue weighted by Crippen LogP contribution is 2.35. The maximum absolute atomic E-state index is 12.0. The van der Waals surface area contributed by atoms with E-state index in [4.69, 9.17) is 4.74 Å². The van der Waals surface area contributed by atoms with E-state index in [1.54, 1.807) is 24.3 Å². The van der Waals surface area contributed by atoms with Gasteiger partial charge in [-0.2, -0.15) is 0 Å². The lowest BCUT2D eigenvalue weighted by atomic mass is 10.1. The van der Waals surface area contributed by atoms with Crippen molar-refractivity contribution in [3.05, 3.63) is 88.7 Å². The second-order valence-electron chi connectivity index (χ2n) is 6.49. The zero-order valence-corrected chi connectivity index (χ0v) is 16.4. The standard InChI is InChI=1S/C22H17N5O4/c1-31-22(28)16-10-4-5-11-18(16)26-21-19(27(29)30)20(23-13-24-21)25-17-12-6-8-14-7-2-3-9-15(14)17/h2-13H,1H3,(H2,23,24,25,26). The first-order valence-electron chi connectivity index (χ1n) is 9.27. The number of fused-ring (bicyclic) bond motifs is 1. The molecule has 2 N–H and O–H groups in total. The lowest BCUT2D eigenvalue weighted by Crippen LogP contribution is -2.09. The van der Waals surface area contributed by atoms with Gasteiger partial charge in [-0.15, -0.1) is 0 Å². The summed E-state index contributed by atoms with van der Waals surface area (Å²) in [6.07, 6.45) is 1.21. The number of hydrogen-bond donors (Lipinski definition) is 2. The van der Waals surface area contributed by atoms with Crippen LogP contribution >= 0.6 is 0 Å². The average Bonchev–Trinajstić information content (AvgIpc) is 2.79. The Morgan fingerprint density at radius 3 is 2.26 bits per heavy atom. The molecule has 0 bridgehead atoms. The first kappa shape index (κ1) is 19.8. The molecular formula is C22H17N5O4. The van der Waals surface area contributed by atoms with Crippen LogP contribution in [0.25, 0.3) is 10.8 Å². The number of rotatable bonds is 6. The van der Waals surface area contributed by atoms with Gasteiger partial charge in [-0.1, -0.05) is 48.5 Å². The third-order valence-corrected chi connectivity index (χ3v) is 4.63. The van der Waals surface area contributed by atoms with Gasteiger partial charge in [0.1, 0.15) is 6.33 Å². The molecule has 3 aromatic carbocycles. The topological polar surface area (TPSA) is 119 Å². The Morgan fingerprint density at radius 2 is 1.52 bits per heavy atom. The van der Waals surface area contributed by atoms with Gasteiger partial charge in [0, 0.05) is 11.1 Å². The third-order valence-electron chi connectivity index (χ3n) is 4.63. The van der Waals surface area contributed by atoms with Crippen LogP contribution in [0.2, 0.25) is 0 Å². The molecule has 0 aliphatic carbocycles. The molecule has 4 aromatic rings. The molecule has 0 fully saturated rings. The Kier molecular flexibility index (Phi) is 5.39. The molecule has 0 unspecified atom stereocenters. The minimum absolute atomic E-state index is 0.0226. The number of anilines is 4. The number of nitrogens with one attached hydrogen (secondary N) is 2. The fourth-order valence-corrected chi connectivity index (χ4v) is 3.20. The number of hydrogen-bond acceptors (Lipinski definition) is 8. The summed E-state index contributed by atoms with van der Waals surface area (Å²) in [6.45, 7) is 0.